The third kappa shape index (κ3) is 2.47. The van der Waals surface area contributed by atoms with Crippen LogP contribution in [-0.4, -0.2) is 62.7 Å². The molecule has 1 aliphatic heterocycles. The molecule has 0 bridgehead atoms. The Balaban J connectivity index is 1.92. The molecule has 98 valence electrons. The number of ether oxygens (including phenoxy) is 1. The highest BCUT2D eigenvalue weighted by atomic mass is 16.5. The zero-order valence-corrected chi connectivity index (χ0v) is 11.2. The topological polar surface area (TPSA) is 32.8 Å². The summed E-state index contributed by atoms with van der Waals surface area (Å²) in [5.74, 6) is -0.0121. The highest BCUT2D eigenvalue weighted by molar-refractivity contribution is 5.78. The average molecular weight is 240 g/mol. The average Bonchev–Trinajstić information content (AvgIpc) is 2.69. The van der Waals surface area contributed by atoms with E-state index in [9.17, 15) is 4.79 Å². The lowest BCUT2D eigenvalue weighted by Crippen LogP contribution is -2.50. The number of likely N-dealkylation sites (tertiary alicyclic amines) is 1. The summed E-state index contributed by atoms with van der Waals surface area (Å²) >= 11 is 0. The number of nitrogens with zero attached hydrogens (tertiary/aromatic N) is 2. The largest absolute Gasteiger partial charge is 0.469 e. The first-order chi connectivity index (χ1) is 8.07. The molecule has 1 unspecified atom stereocenters. The lowest BCUT2D eigenvalue weighted by atomic mass is 9.68. The predicted molar refractivity (Wildman–Crippen MR) is 66.8 cm³/mol. The molecular weight excluding hydrogens is 216 g/mol. The van der Waals surface area contributed by atoms with Crippen molar-refractivity contribution in [3.63, 3.8) is 0 Å². The molecule has 4 heteroatoms. The van der Waals surface area contributed by atoms with Crippen molar-refractivity contribution < 1.29 is 9.53 Å². The normalized spacial score (nSPS) is 28.1. The second-order valence-electron chi connectivity index (χ2n) is 5.75. The van der Waals surface area contributed by atoms with Crippen LogP contribution in [0.25, 0.3) is 0 Å². The number of hydrogen-bond donors (Lipinski definition) is 0. The molecule has 0 amide bonds. The zero-order valence-electron chi connectivity index (χ0n) is 11.2. The van der Waals surface area contributed by atoms with Gasteiger partial charge >= 0.3 is 5.97 Å². The van der Waals surface area contributed by atoms with Gasteiger partial charge in [-0.2, -0.15) is 0 Å². The molecule has 17 heavy (non-hydrogen) atoms. The lowest BCUT2D eigenvalue weighted by Gasteiger charge is -2.42. The van der Waals surface area contributed by atoms with Crippen LogP contribution in [0, 0.1) is 5.41 Å². The van der Waals surface area contributed by atoms with Crippen LogP contribution in [0.1, 0.15) is 25.7 Å². The summed E-state index contributed by atoms with van der Waals surface area (Å²) in [5, 5.41) is 0. The Bertz CT molecular complexity index is 289. The number of esters is 1. The molecule has 1 aliphatic carbocycles. The molecule has 2 fully saturated rings. The van der Waals surface area contributed by atoms with Crippen LogP contribution in [0.3, 0.4) is 0 Å². The van der Waals surface area contributed by atoms with Crippen LogP contribution in [-0.2, 0) is 9.53 Å². The van der Waals surface area contributed by atoms with E-state index in [0.29, 0.717) is 6.04 Å². The number of likely N-dealkylation sites (N-methyl/N-ethyl adjacent to an activating group) is 2. The van der Waals surface area contributed by atoms with Crippen molar-refractivity contribution in [3.8, 4) is 0 Å². The summed E-state index contributed by atoms with van der Waals surface area (Å²) < 4.78 is 4.97. The molecule has 1 atom stereocenters. The van der Waals surface area contributed by atoms with E-state index in [1.54, 1.807) is 0 Å². The Morgan fingerprint density at radius 3 is 2.65 bits per heavy atom. The minimum atomic E-state index is -0.204. The number of carbonyl (C=O) groups excluding carboxylic acids is 1. The fourth-order valence-electron chi connectivity index (χ4n) is 3.12. The monoisotopic (exact) mass is 240 g/mol. The SMILES string of the molecule is COC(=O)C1(CN(C)C2CCN(C)C2)CCC1. The Morgan fingerprint density at radius 1 is 1.53 bits per heavy atom. The Labute approximate surface area is 104 Å². The second-order valence-corrected chi connectivity index (χ2v) is 5.75. The lowest BCUT2D eigenvalue weighted by molar-refractivity contribution is -0.160. The first-order valence-electron chi connectivity index (χ1n) is 6.54. The van der Waals surface area contributed by atoms with Gasteiger partial charge in [0.05, 0.1) is 12.5 Å². The number of hydrogen-bond acceptors (Lipinski definition) is 4. The van der Waals surface area contributed by atoms with Gasteiger partial charge in [0.2, 0.25) is 0 Å². The number of rotatable bonds is 4. The fraction of sp³-hybridized carbons (Fsp3) is 0.923. The van der Waals surface area contributed by atoms with Gasteiger partial charge in [0, 0.05) is 19.1 Å². The highest BCUT2D eigenvalue weighted by Crippen LogP contribution is 2.43. The summed E-state index contributed by atoms with van der Waals surface area (Å²) in [6.45, 7) is 3.15. The van der Waals surface area contributed by atoms with Crippen molar-refractivity contribution in [2.45, 2.75) is 31.7 Å². The summed E-state index contributed by atoms with van der Waals surface area (Å²) in [6.07, 6.45) is 4.36. The van der Waals surface area contributed by atoms with E-state index >= 15 is 0 Å². The Morgan fingerprint density at radius 2 is 2.24 bits per heavy atom. The van der Waals surface area contributed by atoms with Gasteiger partial charge in [-0.1, -0.05) is 6.42 Å². The number of methoxy groups -OCH3 is 1. The van der Waals surface area contributed by atoms with E-state index < -0.39 is 0 Å². The molecule has 2 aliphatic rings. The van der Waals surface area contributed by atoms with E-state index in [-0.39, 0.29) is 11.4 Å². The summed E-state index contributed by atoms with van der Waals surface area (Å²) in [6, 6.07) is 0.599. The molecule has 4 nitrogen and oxygen atoms in total. The highest BCUT2D eigenvalue weighted by Gasteiger charge is 2.46. The van der Waals surface area contributed by atoms with Gasteiger partial charge < -0.3 is 14.5 Å². The van der Waals surface area contributed by atoms with Crippen LogP contribution in [0.15, 0.2) is 0 Å². The fourth-order valence-corrected chi connectivity index (χ4v) is 3.12. The molecule has 1 saturated heterocycles. The smallest absolute Gasteiger partial charge is 0.313 e. The van der Waals surface area contributed by atoms with Gasteiger partial charge in [-0.3, -0.25) is 4.79 Å². The van der Waals surface area contributed by atoms with Crippen molar-refractivity contribution in [2.75, 3.05) is 40.8 Å². The van der Waals surface area contributed by atoms with E-state index in [1.807, 2.05) is 0 Å². The number of carbonyl (C=O) groups is 1. The van der Waals surface area contributed by atoms with Crippen LogP contribution >= 0.6 is 0 Å². The van der Waals surface area contributed by atoms with Crippen LogP contribution in [0.5, 0.6) is 0 Å². The van der Waals surface area contributed by atoms with Gasteiger partial charge in [0.15, 0.2) is 0 Å². The van der Waals surface area contributed by atoms with E-state index in [0.717, 1.165) is 32.4 Å². The maximum absolute atomic E-state index is 11.9. The Kier molecular flexibility index (Phi) is 3.73. The van der Waals surface area contributed by atoms with Gasteiger partial charge in [0.25, 0.3) is 0 Å². The first-order valence-corrected chi connectivity index (χ1v) is 6.54. The predicted octanol–water partition coefficient (Wildman–Crippen LogP) is 0.966. The van der Waals surface area contributed by atoms with Crippen LogP contribution in [0.4, 0.5) is 0 Å². The molecule has 0 N–H and O–H groups in total. The molecule has 0 spiro atoms. The van der Waals surface area contributed by atoms with Crippen LogP contribution < -0.4 is 0 Å². The van der Waals surface area contributed by atoms with E-state index in [1.165, 1.54) is 20.1 Å². The van der Waals surface area contributed by atoms with Crippen molar-refractivity contribution in [2.24, 2.45) is 5.41 Å². The second kappa shape index (κ2) is 4.94. The maximum atomic E-state index is 11.9. The molecular formula is C13H24N2O2. The molecule has 1 saturated carbocycles. The standard InChI is InChI=1S/C13H24N2O2/c1-14-8-5-11(9-14)15(2)10-13(6-4-7-13)12(16)17-3/h11H,4-10H2,1-3H3. The molecule has 0 aromatic heterocycles. The van der Waals surface area contributed by atoms with Gasteiger partial charge in [0.1, 0.15) is 0 Å². The van der Waals surface area contributed by atoms with Crippen LogP contribution in [0.2, 0.25) is 0 Å². The van der Waals surface area contributed by atoms with Gasteiger partial charge in [-0.25, -0.2) is 0 Å². The van der Waals surface area contributed by atoms with Crippen molar-refractivity contribution in [1.29, 1.82) is 0 Å². The van der Waals surface area contributed by atoms with E-state index in [2.05, 4.69) is 23.9 Å². The summed E-state index contributed by atoms with van der Waals surface area (Å²) in [7, 11) is 5.81. The van der Waals surface area contributed by atoms with Crippen molar-refractivity contribution >= 4 is 5.97 Å². The van der Waals surface area contributed by atoms with E-state index in [4.69, 9.17) is 4.74 Å². The molecule has 2 rings (SSSR count). The van der Waals surface area contributed by atoms with Gasteiger partial charge in [-0.05, 0) is 39.9 Å². The third-order valence-corrected chi connectivity index (χ3v) is 4.47. The zero-order chi connectivity index (χ0) is 12.5. The van der Waals surface area contributed by atoms with Crippen molar-refractivity contribution in [1.82, 2.24) is 9.80 Å². The minimum absolute atomic E-state index is 0.0121. The van der Waals surface area contributed by atoms with Crippen molar-refractivity contribution in [3.05, 3.63) is 0 Å². The maximum Gasteiger partial charge on any atom is 0.313 e. The van der Waals surface area contributed by atoms with Gasteiger partial charge in [-0.15, -0.1) is 0 Å². The molecule has 0 aromatic carbocycles. The quantitative estimate of drug-likeness (QED) is 0.685. The third-order valence-electron chi connectivity index (χ3n) is 4.47. The Hall–Kier alpha value is -0.610. The summed E-state index contributed by atoms with van der Waals surface area (Å²) in [5.41, 5.74) is -0.204. The minimum Gasteiger partial charge on any atom is -0.469 e. The molecule has 1 heterocycles. The first kappa shape index (κ1) is 12.8. The molecule has 0 radical (unpaired) electrons. The molecule has 0 aromatic rings. The summed E-state index contributed by atoms with van der Waals surface area (Å²) in [4.78, 5) is 16.6.